The van der Waals surface area contributed by atoms with E-state index >= 15 is 0 Å². The van der Waals surface area contributed by atoms with Gasteiger partial charge in [0.15, 0.2) is 28.8 Å². The van der Waals surface area contributed by atoms with Gasteiger partial charge in [-0.3, -0.25) is 4.79 Å². The first-order chi connectivity index (χ1) is 13.7. The summed E-state index contributed by atoms with van der Waals surface area (Å²) in [6.45, 7) is 0.399. The number of nitrogens with zero attached hydrogens (tertiary/aromatic N) is 3. The fourth-order valence-electron chi connectivity index (χ4n) is 2.65. The average Bonchev–Trinajstić information content (AvgIpc) is 3.11. The van der Waals surface area contributed by atoms with Crippen molar-refractivity contribution in [1.82, 2.24) is 14.8 Å². The summed E-state index contributed by atoms with van der Waals surface area (Å²) in [5.74, 6) is 3.21. The third-order valence-electron chi connectivity index (χ3n) is 4.10. The zero-order valence-corrected chi connectivity index (χ0v) is 16.7. The smallest absolute Gasteiger partial charge is 0.191 e. The molecule has 3 aromatic rings. The summed E-state index contributed by atoms with van der Waals surface area (Å²) in [5, 5.41) is 9.31. The van der Waals surface area contributed by atoms with Crippen LogP contribution in [0.3, 0.4) is 0 Å². The van der Waals surface area contributed by atoms with Crippen molar-refractivity contribution in [3.8, 4) is 28.6 Å². The maximum Gasteiger partial charge on any atom is 0.191 e. The van der Waals surface area contributed by atoms with Gasteiger partial charge < -0.3 is 18.8 Å². The summed E-state index contributed by atoms with van der Waals surface area (Å²) in [5.41, 5.74) is 1.42. The van der Waals surface area contributed by atoms with E-state index in [-0.39, 0.29) is 0 Å². The lowest BCUT2D eigenvalue weighted by Crippen LogP contribution is -2.05. The molecule has 7 nitrogen and oxygen atoms in total. The van der Waals surface area contributed by atoms with Crippen LogP contribution in [-0.4, -0.2) is 47.6 Å². The quantitative estimate of drug-likeness (QED) is 0.310. The highest BCUT2D eigenvalue weighted by Gasteiger charge is 2.13. The standard InChI is InChI=1S/C20H21N3O4S/c1-23-19(14-7-9-16(25-2)10-8-14)21-22-20(23)28-12-11-27-18-15(13-24)5-4-6-17(18)26-3/h4-10,13H,11-12H2,1-3H3. The Balaban J connectivity index is 1.62. The Labute approximate surface area is 167 Å². The van der Waals surface area contributed by atoms with Gasteiger partial charge >= 0.3 is 0 Å². The first-order valence-corrected chi connectivity index (χ1v) is 9.58. The summed E-state index contributed by atoms with van der Waals surface area (Å²) in [7, 11) is 5.11. The third-order valence-corrected chi connectivity index (χ3v) is 5.08. The van der Waals surface area contributed by atoms with E-state index in [0.29, 0.717) is 29.4 Å². The minimum atomic E-state index is 0.399. The van der Waals surface area contributed by atoms with Crippen LogP contribution in [0.4, 0.5) is 0 Å². The highest BCUT2D eigenvalue weighted by molar-refractivity contribution is 7.99. The summed E-state index contributed by atoms with van der Waals surface area (Å²) < 4.78 is 18.2. The Hall–Kier alpha value is -3.00. The van der Waals surface area contributed by atoms with Crippen molar-refractivity contribution >= 4 is 18.0 Å². The zero-order valence-electron chi connectivity index (χ0n) is 15.9. The van der Waals surface area contributed by atoms with E-state index in [9.17, 15) is 4.79 Å². The number of hydrogen-bond acceptors (Lipinski definition) is 7. The number of methoxy groups -OCH3 is 2. The van der Waals surface area contributed by atoms with Crippen LogP contribution in [0.1, 0.15) is 10.4 Å². The number of para-hydroxylation sites is 1. The highest BCUT2D eigenvalue weighted by atomic mass is 32.2. The Kier molecular flexibility index (Phi) is 6.54. The maximum atomic E-state index is 11.2. The molecule has 8 heteroatoms. The molecule has 0 radical (unpaired) electrons. The van der Waals surface area contributed by atoms with Gasteiger partial charge in [0.1, 0.15) is 5.75 Å². The number of carbonyl (C=O) groups excluding carboxylic acids is 1. The van der Waals surface area contributed by atoms with E-state index < -0.39 is 0 Å². The van der Waals surface area contributed by atoms with Crippen LogP contribution >= 0.6 is 11.8 Å². The minimum Gasteiger partial charge on any atom is -0.497 e. The van der Waals surface area contributed by atoms with Gasteiger partial charge in [0.2, 0.25) is 0 Å². The van der Waals surface area contributed by atoms with Crippen LogP contribution in [0, 0.1) is 0 Å². The lowest BCUT2D eigenvalue weighted by molar-refractivity contribution is 0.111. The molecule has 0 bridgehead atoms. The van der Waals surface area contributed by atoms with Crippen LogP contribution in [0.15, 0.2) is 47.6 Å². The summed E-state index contributed by atoms with van der Waals surface area (Å²) >= 11 is 1.53. The summed E-state index contributed by atoms with van der Waals surface area (Å²) in [4.78, 5) is 11.2. The predicted molar refractivity (Wildman–Crippen MR) is 108 cm³/mol. The van der Waals surface area contributed by atoms with Gasteiger partial charge in [-0.1, -0.05) is 17.8 Å². The van der Waals surface area contributed by atoms with E-state index in [1.54, 1.807) is 32.4 Å². The lowest BCUT2D eigenvalue weighted by atomic mass is 10.2. The number of hydrogen-bond donors (Lipinski definition) is 0. The molecule has 1 aromatic heterocycles. The number of aldehydes is 1. The van der Waals surface area contributed by atoms with Crippen LogP contribution in [-0.2, 0) is 7.05 Å². The summed E-state index contributed by atoms with van der Waals surface area (Å²) in [6, 6.07) is 12.9. The number of thioether (sulfide) groups is 1. The number of ether oxygens (including phenoxy) is 3. The summed E-state index contributed by atoms with van der Waals surface area (Å²) in [6.07, 6.45) is 0.759. The maximum absolute atomic E-state index is 11.2. The van der Waals surface area contributed by atoms with Gasteiger partial charge in [0.25, 0.3) is 0 Å². The van der Waals surface area contributed by atoms with Crippen LogP contribution in [0.5, 0.6) is 17.2 Å². The number of rotatable bonds is 9. The molecule has 0 aliphatic carbocycles. The molecule has 0 N–H and O–H groups in total. The molecule has 0 spiro atoms. The fourth-order valence-corrected chi connectivity index (χ4v) is 3.38. The van der Waals surface area contributed by atoms with Crippen molar-refractivity contribution in [2.45, 2.75) is 5.16 Å². The van der Waals surface area contributed by atoms with E-state index in [0.717, 1.165) is 28.6 Å². The molecule has 2 aromatic carbocycles. The van der Waals surface area contributed by atoms with Crippen molar-refractivity contribution in [3.05, 3.63) is 48.0 Å². The zero-order chi connectivity index (χ0) is 19.9. The van der Waals surface area contributed by atoms with Crippen molar-refractivity contribution < 1.29 is 19.0 Å². The van der Waals surface area contributed by atoms with Crippen molar-refractivity contribution in [1.29, 1.82) is 0 Å². The molecule has 0 fully saturated rings. The topological polar surface area (TPSA) is 75.5 Å². The van der Waals surface area contributed by atoms with Crippen LogP contribution in [0.25, 0.3) is 11.4 Å². The molecular weight excluding hydrogens is 378 g/mol. The monoisotopic (exact) mass is 399 g/mol. The predicted octanol–water partition coefficient (Wildman–Crippen LogP) is 3.48. The Morgan fingerprint density at radius 1 is 1.07 bits per heavy atom. The average molecular weight is 399 g/mol. The molecular formula is C20H21N3O4S. The Bertz CT molecular complexity index is 941. The van der Waals surface area contributed by atoms with Crippen molar-refractivity contribution in [2.24, 2.45) is 7.05 Å². The fraction of sp³-hybridized carbons (Fsp3) is 0.250. The molecule has 0 unspecified atom stereocenters. The van der Waals surface area contributed by atoms with Gasteiger partial charge in [-0.25, -0.2) is 0 Å². The van der Waals surface area contributed by atoms with Crippen LogP contribution < -0.4 is 14.2 Å². The van der Waals surface area contributed by atoms with Crippen molar-refractivity contribution in [3.63, 3.8) is 0 Å². The van der Waals surface area contributed by atoms with Gasteiger partial charge in [0, 0.05) is 18.4 Å². The van der Waals surface area contributed by atoms with E-state index in [1.165, 1.54) is 11.8 Å². The largest absolute Gasteiger partial charge is 0.497 e. The van der Waals surface area contributed by atoms with Gasteiger partial charge in [-0.2, -0.15) is 0 Å². The Morgan fingerprint density at radius 3 is 2.54 bits per heavy atom. The van der Waals surface area contributed by atoms with Gasteiger partial charge in [-0.05, 0) is 36.4 Å². The molecule has 0 aliphatic heterocycles. The van der Waals surface area contributed by atoms with Gasteiger partial charge in [0.05, 0.1) is 26.4 Å². The second-order valence-electron chi connectivity index (χ2n) is 5.79. The molecule has 0 atom stereocenters. The lowest BCUT2D eigenvalue weighted by Gasteiger charge is -2.12. The number of benzene rings is 2. The molecule has 0 saturated heterocycles. The first-order valence-electron chi connectivity index (χ1n) is 8.59. The van der Waals surface area contributed by atoms with E-state index in [1.807, 2.05) is 35.9 Å². The van der Waals surface area contributed by atoms with Gasteiger partial charge in [-0.15, -0.1) is 10.2 Å². The SMILES string of the molecule is COc1ccc(-c2nnc(SCCOc3c(C=O)cccc3OC)n2C)cc1. The number of aromatic nitrogens is 3. The first kappa shape index (κ1) is 19.8. The molecule has 3 rings (SSSR count). The molecule has 0 saturated carbocycles. The molecule has 0 aliphatic rings. The second-order valence-corrected chi connectivity index (χ2v) is 6.85. The molecule has 1 heterocycles. The second kappa shape index (κ2) is 9.27. The molecule has 146 valence electrons. The third kappa shape index (κ3) is 4.28. The number of carbonyl (C=O) groups is 1. The Morgan fingerprint density at radius 2 is 1.86 bits per heavy atom. The minimum absolute atomic E-state index is 0.399. The normalized spacial score (nSPS) is 10.5. The highest BCUT2D eigenvalue weighted by Crippen LogP contribution is 2.30. The molecule has 0 amide bonds. The van der Waals surface area contributed by atoms with E-state index in [4.69, 9.17) is 14.2 Å². The molecule has 28 heavy (non-hydrogen) atoms. The van der Waals surface area contributed by atoms with Crippen LogP contribution in [0.2, 0.25) is 0 Å². The van der Waals surface area contributed by atoms with E-state index in [2.05, 4.69) is 10.2 Å². The van der Waals surface area contributed by atoms with Crippen molar-refractivity contribution in [2.75, 3.05) is 26.6 Å².